The molecule has 0 spiro atoms. The Bertz CT molecular complexity index is 183. The van der Waals surface area contributed by atoms with E-state index in [1.54, 1.807) is 0 Å². The van der Waals surface area contributed by atoms with Crippen molar-refractivity contribution in [2.24, 2.45) is 5.73 Å². The molecule has 0 aromatic carbocycles. The molecule has 0 aromatic heterocycles. The molecule has 11 heavy (non-hydrogen) atoms. The molecule has 0 amide bonds. The normalized spacial score (nSPS) is 14.2. The van der Waals surface area contributed by atoms with Crippen LogP contribution in [0.25, 0.3) is 0 Å². The fourth-order valence-corrected chi connectivity index (χ4v) is 0.519. The third kappa shape index (κ3) is 2.61. The van der Waals surface area contributed by atoms with E-state index in [2.05, 4.69) is 5.73 Å². The molecular formula is C6H8F3NO. The van der Waals surface area contributed by atoms with Gasteiger partial charge in [0.1, 0.15) is 12.0 Å². The first kappa shape index (κ1) is 10.0. The lowest BCUT2D eigenvalue weighted by molar-refractivity contribution is -0.108. The predicted molar refractivity (Wildman–Crippen MR) is 33.6 cm³/mol. The van der Waals surface area contributed by atoms with E-state index in [-0.39, 0.29) is 12.7 Å². The zero-order chi connectivity index (χ0) is 9.07. The average molecular weight is 167 g/mol. The number of allylic oxidation sites excluding steroid dienone is 2. The van der Waals surface area contributed by atoms with Crippen LogP contribution in [0.1, 0.15) is 13.3 Å². The second-order valence-corrected chi connectivity index (χ2v) is 1.91. The minimum Gasteiger partial charge on any atom is -0.394 e. The molecule has 0 unspecified atom stereocenters. The minimum atomic E-state index is -4.59. The van der Waals surface area contributed by atoms with Gasteiger partial charge < -0.3 is 5.73 Å². The van der Waals surface area contributed by atoms with Gasteiger partial charge in [-0.2, -0.15) is 13.2 Å². The monoisotopic (exact) mass is 167 g/mol. The molecule has 5 heteroatoms. The topological polar surface area (TPSA) is 43.1 Å². The highest BCUT2D eigenvalue weighted by Gasteiger charge is 2.33. The van der Waals surface area contributed by atoms with E-state index in [1.165, 1.54) is 6.92 Å². The molecule has 0 heterocycles. The van der Waals surface area contributed by atoms with E-state index in [1.807, 2.05) is 0 Å². The zero-order valence-electron chi connectivity index (χ0n) is 5.90. The SMILES string of the molecule is CCC(C=O)=C(N)C(F)(F)F. The number of carbonyl (C=O) groups is 1. The van der Waals surface area contributed by atoms with Crippen LogP contribution in [0.4, 0.5) is 13.2 Å². The number of nitrogens with two attached hydrogens (primary N) is 1. The van der Waals surface area contributed by atoms with E-state index in [0.29, 0.717) is 0 Å². The molecule has 0 saturated heterocycles. The molecule has 0 bridgehead atoms. The summed E-state index contributed by atoms with van der Waals surface area (Å²) in [4.78, 5) is 9.99. The van der Waals surface area contributed by atoms with E-state index >= 15 is 0 Å². The third-order valence-corrected chi connectivity index (χ3v) is 1.17. The van der Waals surface area contributed by atoms with Crippen LogP contribution < -0.4 is 5.73 Å². The van der Waals surface area contributed by atoms with Crippen LogP contribution >= 0.6 is 0 Å². The molecular weight excluding hydrogens is 159 g/mol. The number of rotatable bonds is 2. The standard InChI is InChI=1S/C6H8F3NO/c1-2-4(3-11)5(10)6(7,8)9/h3H,2,10H2,1H3. The molecule has 64 valence electrons. The lowest BCUT2D eigenvalue weighted by atomic mass is 10.2. The fourth-order valence-electron chi connectivity index (χ4n) is 0.519. The summed E-state index contributed by atoms with van der Waals surface area (Å²) < 4.78 is 35.2. The summed E-state index contributed by atoms with van der Waals surface area (Å²) in [7, 11) is 0. The second kappa shape index (κ2) is 3.41. The first-order chi connectivity index (χ1) is 4.93. The van der Waals surface area contributed by atoms with Gasteiger partial charge in [0.25, 0.3) is 0 Å². The Labute approximate surface area is 61.9 Å². The number of hydrogen-bond acceptors (Lipinski definition) is 2. The first-order valence-corrected chi connectivity index (χ1v) is 2.94. The van der Waals surface area contributed by atoms with Crippen molar-refractivity contribution in [1.29, 1.82) is 0 Å². The molecule has 0 aromatic rings. The highest BCUT2D eigenvalue weighted by Crippen LogP contribution is 2.24. The van der Waals surface area contributed by atoms with Crippen molar-refractivity contribution >= 4 is 6.29 Å². The van der Waals surface area contributed by atoms with Crippen LogP contribution in [0.15, 0.2) is 11.3 Å². The van der Waals surface area contributed by atoms with Crippen molar-refractivity contribution in [2.45, 2.75) is 19.5 Å². The van der Waals surface area contributed by atoms with Crippen LogP contribution in [0.2, 0.25) is 0 Å². The maximum Gasteiger partial charge on any atom is 0.431 e. The van der Waals surface area contributed by atoms with Gasteiger partial charge in [0.2, 0.25) is 0 Å². The quantitative estimate of drug-likeness (QED) is 0.498. The summed E-state index contributed by atoms with van der Waals surface area (Å²) in [5, 5.41) is 0. The minimum absolute atomic E-state index is 0.00512. The molecule has 0 rings (SSSR count). The number of alkyl halides is 3. The van der Waals surface area contributed by atoms with Gasteiger partial charge in [-0.3, -0.25) is 4.79 Å². The van der Waals surface area contributed by atoms with E-state index in [9.17, 15) is 18.0 Å². The Hall–Kier alpha value is -1.00. The Kier molecular flexibility index (Phi) is 3.10. The lowest BCUT2D eigenvalue weighted by Crippen LogP contribution is -2.22. The van der Waals surface area contributed by atoms with Gasteiger partial charge in [-0.25, -0.2) is 0 Å². The third-order valence-electron chi connectivity index (χ3n) is 1.17. The predicted octanol–water partition coefficient (Wildman–Crippen LogP) is 1.37. The Morgan fingerprint density at radius 1 is 1.55 bits per heavy atom. The Morgan fingerprint density at radius 3 is 2.09 bits per heavy atom. The van der Waals surface area contributed by atoms with Crippen LogP contribution in [-0.4, -0.2) is 12.5 Å². The average Bonchev–Trinajstić information content (AvgIpc) is 1.88. The van der Waals surface area contributed by atoms with E-state index < -0.39 is 17.4 Å². The van der Waals surface area contributed by atoms with Crippen molar-refractivity contribution in [3.05, 3.63) is 11.3 Å². The first-order valence-electron chi connectivity index (χ1n) is 2.94. The number of halogens is 3. The Morgan fingerprint density at radius 2 is 2.00 bits per heavy atom. The number of aldehydes is 1. The largest absolute Gasteiger partial charge is 0.431 e. The summed E-state index contributed by atoms with van der Waals surface area (Å²) >= 11 is 0. The van der Waals surface area contributed by atoms with Crippen molar-refractivity contribution in [3.8, 4) is 0 Å². The molecule has 0 aliphatic carbocycles. The highest BCUT2D eigenvalue weighted by molar-refractivity contribution is 5.74. The van der Waals surface area contributed by atoms with Crippen LogP contribution in [0.3, 0.4) is 0 Å². The maximum atomic E-state index is 11.7. The molecule has 0 aliphatic heterocycles. The van der Waals surface area contributed by atoms with Crippen LogP contribution in [0, 0.1) is 0 Å². The molecule has 2 nitrogen and oxygen atoms in total. The Balaban J connectivity index is 4.76. The second-order valence-electron chi connectivity index (χ2n) is 1.91. The molecule has 0 aliphatic rings. The lowest BCUT2D eigenvalue weighted by Gasteiger charge is -2.07. The maximum absolute atomic E-state index is 11.7. The van der Waals surface area contributed by atoms with Crippen molar-refractivity contribution in [2.75, 3.05) is 0 Å². The van der Waals surface area contributed by atoms with Gasteiger partial charge in [0.15, 0.2) is 0 Å². The van der Waals surface area contributed by atoms with Gasteiger partial charge in [0.05, 0.1) is 0 Å². The van der Waals surface area contributed by atoms with E-state index in [0.717, 1.165) is 0 Å². The van der Waals surface area contributed by atoms with Gasteiger partial charge >= 0.3 is 6.18 Å². The highest BCUT2D eigenvalue weighted by atomic mass is 19.4. The molecule has 0 saturated carbocycles. The van der Waals surface area contributed by atoms with Crippen molar-refractivity contribution in [1.82, 2.24) is 0 Å². The van der Waals surface area contributed by atoms with Crippen LogP contribution in [0.5, 0.6) is 0 Å². The summed E-state index contributed by atoms with van der Waals surface area (Å²) in [5.41, 5.74) is 2.94. The van der Waals surface area contributed by atoms with Gasteiger partial charge in [-0.05, 0) is 6.42 Å². The molecule has 0 radical (unpaired) electrons. The zero-order valence-corrected chi connectivity index (χ0v) is 5.90. The number of carbonyl (C=O) groups excluding carboxylic acids is 1. The van der Waals surface area contributed by atoms with Gasteiger partial charge in [-0.15, -0.1) is 0 Å². The molecule has 0 atom stereocenters. The summed E-state index contributed by atoms with van der Waals surface area (Å²) in [6, 6.07) is 0. The van der Waals surface area contributed by atoms with Gasteiger partial charge in [0, 0.05) is 5.57 Å². The summed E-state index contributed by atoms with van der Waals surface area (Å²) in [5.74, 6) is 0. The summed E-state index contributed by atoms with van der Waals surface area (Å²) in [6.45, 7) is 1.43. The smallest absolute Gasteiger partial charge is 0.394 e. The van der Waals surface area contributed by atoms with Crippen molar-refractivity contribution < 1.29 is 18.0 Å². The van der Waals surface area contributed by atoms with Crippen LogP contribution in [-0.2, 0) is 4.79 Å². The van der Waals surface area contributed by atoms with E-state index in [4.69, 9.17) is 0 Å². The van der Waals surface area contributed by atoms with Gasteiger partial charge in [-0.1, -0.05) is 6.92 Å². The molecule has 2 N–H and O–H groups in total. The van der Waals surface area contributed by atoms with Crippen molar-refractivity contribution in [3.63, 3.8) is 0 Å². The molecule has 0 fully saturated rings. The summed E-state index contributed by atoms with van der Waals surface area (Å²) in [6.07, 6.45) is -4.47. The fraction of sp³-hybridized carbons (Fsp3) is 0.500. The number of hydrogen-bond donors (Lipinski definition) is 1.